The molecule has 2 aromatic rings. The molecule has 0 N–H and O–H groups in total. The number of nitrogens with zero attached hydrogens (tertiary/aromatic N) is 3. The van der Waals surface area contributed by atoms with E-state index >= 15 is 0 Å². The van der Waals surface area contributed by atoms with E-state index in [4.69, 9.17) is 16.3 Å². The standard InChI is InChI=1S/C12H11ClFN3O/c13-12-8-5-9(14)11(6-10(8)15-7-16-12)17-1-3-18-4-2-17/h5-7H,1-4H2. The minimum Gasteiger partial charge on any atom is -0.378 e. The van der Waals surface area contributed by atoms with Gasteiger partial charge in [0.05, 0.1) is 24.4 Å². The van der Waals surface area contributed by atoms with Crippen LogP contribution in [-0.2, 0) is 4.74 Å². The summed E-state index contributed by atoms with van der Waals surface area (Å²) in [4.78, 5) is 9.92. The molecule has 1 fully saturated rings. The zero-order valence-electron chi connectivity index (χ0n) is 9.57. The van der Waals surface area contributed by atoms with Crippen LogP contribution in [0.25, 0.3) is 10.9 Å². The van der Waals surface area contributed by atoms with Crippen LogP contribution < -0.4 is 4.90 Å². The molecule has 1 saturated heterocycles. The molecule has 0 atom stereocenters. The first-order valence-electron chi connectivity index (χ1n) is 5.68. The molecule has 0 spiro atoms. The fourth-order valence-corrected chi connectivity index (χ4v) is 2.28. The molecule has 6 heteroatoms. The maximum atomic E-state index is 14.1. The minimum atomic E-state index is -0.305. The van der Waals surface area contributed by atoms with Crippen LogP contribution in [-0.4, -0.2) is 36.3 Å². The number of morpholine rings is 1. The van der Waals surface area contributed by atoms with E-state index in [1.807, 2.05) is 4.90 Å². The number of rotatable bonds is 1. The number of fused-ring (bicyclic) bond motifs is 1. The van der Waals surface area contributed by atoms with E-state index in [0.717, 1.165) is 0 Å². The van der Waals surface area contributed by atoms with Gasteiger partial charge in [0.25, 0.3) is 0 Å². The van der Waals surface area contributed by atoms with Crippen molar-refractivity contribution in [3.8, 4) is 0 Å². The van der Waals surface area contributed by atoms with Gasteiger partial charge < -0.3 is 9.64 Å². The molecule has 0 aliphatic carbocycles. The van der Waals surface area contributed by atoms with Crippen molar-refractivity contribution in [2.24, 2.45) is 0 Å². The summed E-state index contributed by atoms with van der Waals surface area (Å²) < 4.78 is 19.3. The van der Waals surface area contributed by atoms with Crippen LogP contribution in [0.3, 0.4) is 0 Å². The summed E-state index contributed by atoms with van der Waals surface area (Å²) in [6, 6.07) is 3.10. The highest BCUT2D eigenvalue weighted by Crippen LogP contribution is 2.28. The van der Waals surface area contributed by atoms with Crippen LogP contribution in [0, 0.1) is 5.82 Å². The van der Waals surface area contributed by atoms with Crippen LogP contribution in [0.2, 0.25) is 5.15 Å². The number of hydrogen-bond donors (Lipinski definition) is 0. The lowest BCUT2D eigenvalue weighted by Gasteiger charge is -2.29. The normalized spacial score (nSPS) is 16.2. The van der Waals surface area contributed by atoms with Gasteiger partial charge in [0, 0.05) is 18.5 Å². The molecule has 1 aromatic heterocycles. The first kappa shape index (κ1) is 11.6. The molecule has 0 amide bonds. The molecule has 0 unspecified atom stereocenters. The third-order valence-corrected chi connectivity index (χ3v) is 3.31. The Morgan fingerprint density at radius 2 is 2.00 bits per heavy atom. The van der Waals surface area contributed by atoms with Gasteiger partial charge in [0.1, 0.15) is 17.3 Å². The van der Waals surface area contributed by atoms with Crippen molar-refractivity contribution in [1.29, 1.82) is 0 Å². The van der Waals surface area contributed by atoms with Gasteiger partial charge in [-0.1, -0.05) is 11.6 Å². The molecule has 1 aliphatic heterocycles. The molecular formula is C12H11ClFN3O. The smallest absolute Gasteiger partial charge is 0.147 e. The second-order valence-electron chi connectivity index (χ2n) is 4.08. The summed E-state index contributed by atoms with van der Waals surface area (Å²) in [5, 5.41) is 0.807. The highest BCUT2D eigenvalue weighted by molar-refractivity contribution is 6.34. The molecular weight excluding hydrogens is 257 g/mol. The first-order valence-corrected chi connectivity index (χ1v) is 6.06. The fourth-order valence-electron chi connectivity index (χ4n) is 2.08. The van der Waals surface area contributed by atoms with E-state index in [1.54, 1.807) is 6.07 Å². The number of hydrogen-bond acceptors (Lipinski definition) is 4. The lowest BCUT2D eigenvalue weighted by atomic mass is 10.2. The Balaban J connectivity index is 2.09. The summed E-state index contributed by atoms with van der Waals surface area (Å²) in [5.74, 6) is -0.305. The third-order valence-electron chi connectivity index (χ3n) is 3.01. The summed E-state index contributed by atoms with van der Waals surface area (Å²) in [7, 11) is 0. The van der Waals surface area contributed by atoms with Gasteiger partial charge in [0.2, 0.25) is 0 Å². The molecule has 3 rings (SSSR count). The van der Waals surface area contributed by atoms with Crippen LogP contribution in [0.15, 0.2) is 18.5 Å². The number of anilines is 1. The summed E-state index contributed by atoms with van der Waals surface area (Å²) >= 11 is 5.92. The fraction of sp³-hybridized carbons (Fsp3) is 0.333. The van der Waals surface area contributed by atoms with Gasteiger partial charge in [-0.25, -0.2) is 14.4 Å². The van der Waals surface area contributed by atoms with Gasteiger partial charge in [-0.05, 0) is 12.1 Å². The van der Waals surface area contributed by atoms with Gasteiger partial charge in [-0.3, -0.25) is 0 Å². The van der Waals surface area contributed by atoms with E-state index in [1.165, 1.54) is 12.4 Å². The van der Waals surface area contributed by atoms with Crippen molar-refractivity contribution >= 4 is 28.2 Å². The predicted molar refractivity (Wildman–Crippen MR) is 67.5 cm³/mol. The summed E-state index contributed by atoms with van der Waals surface area (Å²) in [6.45, 7) is 2.59. The van der Waals surface area contributed by atoms with Crippen molar-refractivity contribution in [3.63, 3.8) is 0 Å². The van der Waals surface area contributed by atoms with E-state index in [-0.39, 0.29) is 11.0 Å². The minimum absolute atomic E-state index is 0.271. The highest BCUT2D eigenvalue weighted by atomic mass is 35.5. The van der Waals surface area contributed by atoms with Crippen LogP contribution in [0.4, 0.5) is 10.1 Å². The molecule has 94 valence electrons. The molecule has 1 aromatic carbocycles. The summed E-state index contributed by atoms with van der Waals surface area (Å²) in [5.41, 5.74) is 1.19. The molecule has 0 saturated carbocycles. The van der Waals surface area contributed by atoms with Gasteiger partial charge in [-0.15, -0.1) is 0 Å². The SMILES string of the molecule is Fc1cc2c(Cl)ncnc2cc1N1CCOCC1. The van der Waals surface area contributed by atoms with Crippen LogP contribution >= 0.6 is 11.6 Å². The molecule has 0 radical (unpaired) electrons. The third kappa shape index (κ3) is 2.00. The van der Waals surface area contributed by atoms with Crippen LogP contribution in [0.5, 0.6) is 0 Å². The Hall–Kier alpha value is -1.46. The quantitative estimate of drug-likeness (QED) is 0.743. The summed E-state index contributed by atoms with van der Waals surface area (Å²) in [6.07, 6.45) is 1.38. The zero-order chi connectivity index (χ0) is 12.5. The topological polar surface area (TPSA) is 38.2 Å². The van der Waals surface area contributed by atoms with E-state index < -0.39 is 0 Å². The number of benzene rings is 1. The Kier molecular flexibility index (Phi) is 3.01. The van der Waals surface area contributed by atoms with Crippen molar-refractivity contribution in [3.05, 3.63) is 29.4 Å². The van der Waals surface area contributed by atoms with Gasteiger partial charge in [-0.2, -0.15) is 0 Å². The predicted octanol–water partition coefficient (Wildman–Crippen LogP) is 2.26. The number of halogens is 2. The van der Waals surface area contributed by atoms with Gasteiger partial charge in [0.15, 0.2) is 0 Å². The van der Waals surface area contributed by atoms with Crippen molar-refractivity contribution in [1.82, 2.24) is 9.97 Å². The van der Waals surface area contributed by atoms with E-state index in [9.17, 15) is 4.39 Å². The average molecular weight is 268 g/mol. The van der Waals surface area contributed by atoms with Crippen molar-refractivity contribution in [2.45, 2.75) is 0 Å². The number of ether oxygens (including phenoxy) is 1. The largest absolute Gasteiger partial charge is 0.378 e. The van der Waals surface area contributed by atoms with Crippen LogP contribution in [0.1, 0.15) is 0 Å². The van der Waals surface area contributed by atoms with Crippen molar-refractivity contribution < 1.29 is 9.13 Å². The lowest BCUT2D eigenvalue weighted by molar-refractivity contribution is 0.122. The Labute approximate surface area is 108 Å². The highest BCUT2D eigenvalue weighted by Gasteiger charge is 2.17. The van der Waals surface area contributed by atoms with Crippen molar-refractivity contribution in [2.75, 3.05) is 31.2 Å². The maximum Gasteiger partial charge on any atom is 0.147 e. The van der Waals surface area contributed by atoms with Gasteiger partial charge >= 0.3 is 0 Å². The maximum absolute atomic E-state index is 14.1. The van der Waals surface area contributed by atoms with E-state index in [2.05, 4.69) is 9.97 Å². The molecule has 4 nitrogen and oxygen atoms in total. The molecule has 1 aliphatic rings. The second-order valence-corrected chi connectivity index (χ2v) is 4.44. The van der Waals surface area contributed by atoms with E-state index in [0.29, 0.717) is 42.9 Å². The lowest BCUT2D eigenvalue weighted by Crippen LogP contribution is -2.36. The average Bonchev–Trinajstić information content (AvgIpc) is 2.40. The number of aromatic nitrogens is 2. The zero-order valence-corrected chi connectivity index (χ0v) is 10.3. The Morgan fingerprint density at radius 3 is 2.78 bits per heavy atom. The molecule has 2 heterocycles. The Morgan fingerprint density at radius 1 is 1.22 bits per heavy atom. The molecule has 18 heavy (non-hydrogen) atoms. The first-order chi connectivity index (χ1) is 8.75. The second kappa shape index (κ2) is 4.66. The Bertz CT molecular complexity index is 587. The monoisotopic (exact) mass is 267 g/mol. The molecule has 0 bridgehead atoms.